The van der Waals surface area contributed by atoms with Crippen LogP contribution in [0.3, 0.4) is 0 Å². The first-order valence-electron chi connectivity index (χ1n) is 4.89. The number of aliphatic hydroxyl groups excluding tert-OH is 1. The Labute approximate surface area is 80.7 Å². The largest absolute Gasteiger partial charge is 0.395 e. The molecule has 0 spiro atoms. The van der Waals surface area contributed by atoms with Crippen LogP contribution >= 0.6 is 0 Å². The number of aliphatic hydroxyl groups is 1. The molecule has 0 aliphatic carbocycles. The molecule has 0 heterocycles. The highest BCUT2D eigenvalue weighted by Crippen LogP contribution is 2.22. The lowest BCUT2D eigenvalue weighted by Gasteiger charge is -2.29. The molecule has 13 heavy (non-hydrogen) atoms. The van der Waals surface area contributed by atoms with Gasteiger partial charge in [-0.1, -0.05) is 20.8 Å². The fourth-order valence-electron chi connectivity index (χ4n) is 1.10. The number of likely N-dealkylation sites (N-methyl/N-ethyl adjacent to an activating group) is 1. The number of nitrogens with zero attached hydrogens (tertiary/aromatic N) is 1. The van der Waals surface area contributed by atoms with Gasteiger partial charge in [0.25, 0.3) is 0 Å². The van der Waals surface area contributed by atoms with E-state index in [1.165, 1.54) is 0 Å². The van der Waals surface area contributed by atoms with Gasteiger partial charge in [0.05, 0.1) is 6.61 Å². The highest BCUT2D eigenvalue weighted by molar-refractivity contribution is 5.81. The van der Waals surface area contributed by atoms with E-state index in [0.717, 1.165) is 6.42 Å². The van der Waals surface area contributed by atoms with Gasteiger partial charge in [0.1, 0.15) is 0 Å². The third kappa shape index (κ3) is 3.35. The van der Waals surface area contributed by atoms with Crippen molar-refractivity contribution in [2.45, 2.75) is 34.1 Å². The number of hydrogen-bond acceptors (Lipinski definition) is 2. The maximum absolute atomic E-state index is 11.8. The summed E-state index contributed by atoms with van der Waals surface area (Å²) in [5.74, 6) is 0.131. The molecule has 0 aromatic heterocycles. The van der Waals surface area contributed by atoms with Crippen LogP contribution in [-0.2, 0) is 4.79 Å². The Bertz CT molecular complexity index is 166. The molecule has 0 radical (unpaired) electrons. The number of amides is 1. The first-order chi connectivity index (χ1) is 5.99. The smallest absolute Gasteiger partial charge is 0.228 e. The second-order valence-corrected chi connectivity index (χ2v) is 3.85. The Kier molecular flexibility index (Phi) is 4.99. The zero-order valence-corrected chi connectivity index (χ0v) is 9.13. The molecule has 78 valence electrons. The van der Waals surface area contributed by atoms with Crippen molar-refractivity contribution in [3.8, 4) is 0 Å². The fourth-order valence-corrected chi connectivity index (χ4v) is 1.10. The minimum Gasteiger partial charge on any atom is -0.395 e. The average Bonchev–Trinajstić information content (AvgIpc) is 2.13. The van der Waals surface area contributed by atoms with Crippen molar-refractivity contribution in [2.75, 3.05) is 19.7 Å². The van der Waals surface area contributed by atoms with E-state index in [2.05, 4.69) is 0 Å². The summed E-state index contributed by atoms with van der Waals surface area (Å²) in [5, 5.41) is 8.76. The fraction of sp³-hybridized carbons (Fsp3) is 0.900. The average molecular weight is 187 g/mol. The Morgan fingerprint density at radius 1 is 1.38 bits per heavy atom. The molecule has 0 aliphatic heterocycles. The topological polar surface area (TPSA) is 40.5 Å². The number of carbonyl (C=O) groups is 1. The third-order valence-corrected chi connectivity index (χ3v) is 2.50. The van der Waals surface area contributed by atoms with Gasteiger partial charge < -0.3 is 10.0 Å². The summed E-state index contributed by atoms with van der Waals surface area (Å²) in [5.41, 5.74) is -0.300. The highest BCUT2D eigenvalue weighted by Gasteiger charge is 2.28. The van der Waals surface area contributed by atoms with Crippen molar-refractivity contribution < 1.29 is 9.90 Å². The van der Waals surface area contributed by atoms with E-state index in [0.29, 0.717) is 13.1 Å². The van der Waals surface area contributed by atoms with Crippen LogP contribution in [-0.4, -0.2) is 35.6 Å². The lowest BCUT2D eigenvalue weighted by Crippen LogP contribution is -2.41. The molecule has 0 atom stereocenters. The molecule has 0 aromatic rings. The molecular formula is C10H21NO2. The number of hydrogen-bond donors (Lipinski definition) is 1. The normalized spacial score (nSPS) is 11.5. The molecule has 1 amide bonds. The Balaban J connectivity index is 4.36. The van der Waals surface area contributed by atoms with Crippen LogP contribution in [0.1, 0.15) is 34.1 Å². The molecular weight excluding hydrogens is 166 g/mol. The van der Waals surface area contributed by atoms with Crippen LogP contribution in [0.5, 0.6) is 0 Å². The molecule has 0 aliphatic rings. The Hall–Kier alpha value is -0.570. The molecule has 0 rings (SSSR count). The summed E-state index contributed by atoms with van der Waals surface area (Å²) in [6.07, 6.45) is 0.827. The molecule has 0 bridgehead atoms. The lowest BCUT2D eigenvalue weighted by molar-refractivity contribution is -0.140. The van der Waals surface area contributed by atoms with Gasteiger partial charge in [-0.05, 0) is 13.3 Å². The van der Waals surface area contributed by atoms with Crippen molar-refractivity contribution in [3.63, 3.8) is 0 Å². The molecule has 3 nitrogen and oxygen atoms in total. The van der Waals surface area contributed by atoms with Crippen LogP contribution in [0.2, 0.25) is 0 Å². The summed E-state index contributed by atoms with van der Waals surface area (Å²) >= 11 is 0. The molecule has 0 unspecified atom stereocenters. The van der Waals surface area contributed by atoms with Gasteiger partial charge in [0, 0.05) is 18.5 Å². The van der Waals surface area contributed by atoms with E-state index in [4.69, 9.17) is 5.11 Å². The highest BCUT2D eigenvalue weighted by atomic mass is 16.3. The van der Waals surface area contributed by atoms with Crippen molar-refractivity contribution in [3.05, 3.63) is 0 Å². The molecule has 0 saturated carbocycles. The van der Waals surface area contributed by atoms with Gasteiger partial charge >= 0.3 is 0 Å². The van der Waals surface area contributed by atoms with Gasteiger partial charge in [-0.25, -0.2) is 0 Å². The lowest BCUT2D eigenvalue weighted by atomic mass is 9.88. The standard InChI is InChI=1S/C10H21NO2/c1-5-10(3,4)9(13)11(6-2)7-8-12/h12H,5-8H2,1-4H3. The zero-order chi connectivity index (χ0) is 10.5. The van der Waals surface area contributed by atoms with E-state index in [9.17, 15) is 4.79 Å². The van der Waals surface area contributed by atoms with Crippen LogP contribution in [0.25, 0.3) is 0 Å². The summed E-state index contributed by atoms with van der Waals surface area (Å²) in [6.45, 7) is 8.97. The van der Waals surface area contributed by atoms with Gasteiger partial charge in [0.2, 0.25) is 5.91 Å². The molecule has 0 saturated heterocycles. The van der Waals surface area contributed by atoms with Crippen LogP contribution in [0.15, 0.2) is 0 Å². The van der Waals surface area contributed by atoms with Crippen LogP contribution < -0.4 is 0 Å². The van der Waals surface area contributed by atoms with Crippen LogP contribution in [0, 0.1) is 5.41 Å². The number of rotatable bonds is 5. The van der Waals surface area contributed by atoms with Crippen molar-refractivity contribution in [1.82, 2.24) is 4.90 Å². The Morgan fingerprint density at radius 3 is 2.23 bits per heavy atom. The van der Waals surface area contributed by atoms with E-state index < -0.39 is 0 Å². The maximum atomic E-state index is 11.8. The summed E-state index contributed by atoms with van der Waals surface area (Å²) in [4.78, 5) is 13.5. The Morgan fingerprint density at radius 2 is 1.92 bits per heavy atom. The first-order valence-corrected chi connectivity index (χ1v) is 4.89. The minimum absolute atomic E-state index is 0.0410. The molecule has 1 N–H and O–H groups in total. The van der Waals surface area contributed by atoms with Gasteiger partial charge in [0.15, 0.2) is 0 Å². The van der Waals surface area contributed by atoms with Crippen molar-refractivity contribution in [2.24, 2.45) is 5.41 Å². The van der Waals surface area contributed by atoms with Gasteiger partial charge in [-0.3, -0.25) is 4.79 Å². The van der Waals surface area contributed by atoms with Crippen molar-refractivity contribution in [1.29, 1.82) is 0 Å². The second-order valence-electron chi connectivity index (χ2n) is 3.85. The first kappa shape index (κ1) is 12.4. The summed E-state index contributed by atoms with van der Waals surface area (Å²) < 4.78 is 0. The van der Waals surface area contributed by atoms with Crippen LogP contribution in [0.4, 0.5) is 0 Å². The molecule has 0 aromatic carbocycles. The monoisotopic (exact) mass is 187 g/mol. The number of carbonyl (C=O) groups excluding carboxylic acids is 1. The van der Waals surface area contributed by atoms with E-state index in [-0.39, 0.29) is 17.9 Å². The van der Waals surface area contributed by atoms with E-state index in [1.54, 1.807) is 4.90 Å². The summed E-state index contributed by atoms with van der Waals surface area (Å²) in [6, 6.07) is 0. The predicted octanol–water partition coefficient (Wildman–Crippen LogP) is 1.26. The zero-order valence-electron chi connectivity index (χ0n) is 9.13. The predicted molar refractivity (Wildman–Crippen MR) is 53.4 cm³/mol. The summed E-state index contributed by atoms with van der Waals surface area (Å²) in [7, 11) is 0. The van der Waals surface area contributed by atoms with E-state index in [1.807, 2.05) is 27.7 Å². The SMILES string of the molecule is CCN(CCO)C(=O)C(C)(C)CC. The van der Waals surface area contributed by atoms with Gasteiger partial charge in [-0.15, -0.1) is 0 Å². The van der Waals surface area contributed by atoms with E-state index >= 15 is 0 Å². The molecule has 3 heteroatoms. The maximum Gasteiger partial charge on any atom is 0.228 e. The minimum atomic E-state index is -0.300. The van der Waals surface area contributed by atoms with Gasteiger partial charge in [-0.2, -0.15) is 0 Å². The molecule has 0 fully saturated rings. The third-order valence-electron chi connectivity index (χ3n) is 2.50. The quantitative estimate of drug-likeness (QED) is 0.704. The van der Waals surface area contributed by atoms with Crippen molar-refractivity contribution >= 4 is 5.91 Å². The second kappa shape index (κ2) is 5.22.